The van der Waals surface area contributed by atoms with E-state index in [-0.39, 0.29) is 18.2 Å². The monoisotopic (exact) mass is 383 g/mol. The fraction of sp³-hybridized carbons (Fsp3) is 0.200. The predicted octanol–water partition coefficient (Wildman–Crippen LogP) is 1.94. The molecule has 8 nitrogen and oxygen atoms in total. The molecule has 0 fully saturated rings. The molecule has 0 aliphatic heterocycles. The van der Waals surface area contributed by atoms with Crippen molar-refractivity contribution in [3.63, 3.8) is 0 Å². The summed E-state index contributed by atoms with van der Waals surface area (Å²) < 4.78 is 5.68. The molecule has 0 atom stereocenters. The van der Waals surface area contributed by atoms with Crippen molar-refractivity contribution in [2.24, 2.45) is 5.10 Å². The Bertz CT molecular complexity index is 876. The van der Waals surface area contributed by atoms with Crippen LogP contribution >= 0.6 is 0 Å². The van der Waals surface area contributed by atoms with Gasteiger partial charge in [-0.15, -0.1) is 0 Å². The maximum absolute atomic E-state index is 11.6. The molecule has 0 saturated heterocycles. The summed E-state index contributed by atoms with van der Waals surface area (Å²) >= 11 is 0. The number of amides is 2. The van der Waals surface area contributed by atoms with E-state index in [1.807, 2.05) is 0 Å². The Morgan fingerprint density at radius 3 is 2.46 bits per heavy atom. The molecule has 2 rings (SSSR count). The van der Waals surface area contributed by atoms with Gasteiger partial charge in [0.2, 0.25) is 0 Å². The van der Waals surface area contributed by atoms with Gasteiger partial charge in [0.25, 0.3) is 0 Å². The fourth-order valence-corrected chi connectivity index (χ4v) is 2.14. The zero-order valence-corrected chi connectivity index (χ0v) is 15.5. The number of hydrogen-bond donors (Lipinski definition) is 3. The highest BCUT2D eigenvalue weighted by Gasteiger charge is 2.12. The lowest BCUT2D eigenvalue weighted by atomic mass is 10.1. The summed E-state index contributed by atoms with van der Waals surface area (Å²) in [5.41, 5.74) is 3.87. The Kier molecular flexibility index (Phi) is 7.27. The highest BCUT2D eigenvalue weighted by atomic mass is 16.5. The van der Waals surface area contributed by atoms with E-state index in [9.17, 15) is 14.4 Å². The first-order valence-corrected chi connectivity index (χ1v) is 8.54. The van der Waals surface area contributed by atoms with Gasteiger partial charge in [0.1, 0.15) is 12.4 Å². The minimum absolute atomic E-state index is 0.142. The molecule has 0 aromatic heterocycles. The molecule has 0 bridgehead atoms. The summed E-state index contributed by atoms with van der Waals surface area (Å²) in [5, 5.41) is 15.1. The second-order valence-electron chi connectivity index (χ2n) is 6.19. The van der Waals surface area contributed by atoms with Gasteiger partial charge in [0, 0.05) is 6.04 Å². The maximum Gasteiger partial charge on any atom is 0.335 e. The van der Waals surface area contributed by atoms with Crippen molar-refractivity contribution in [3.8, 4) is 5.75 Å². The molecule has 0 unspecified atom stereocenters. The first kappa shape index (κ1) is 20.6. The lowest BCUT2D eigenvalue weighted by Crippen LogP contribution is -2.41. The van der Waals surface area contributed by atoms with Crippen molar-refractivity contribution >= 4 is 24.0 Å². The highest BCUT2D eigenvalue weighted by molar-refractivity contribution is 6.35. The van der Waals surface area contributed by atoms with E-state index >= 15 is 0 Å². The summed E-state index contributed by atoms with van der Waals surface area (Å²) in [6.07, 6.45) is 1.40. The molecule has 28 heavy (non-hydrogen) atoms. The summed E-state index contributed by atoms with van der Waals surface area (Å²) in [6, 6.07) is 13.3. The number of aromatic carboxylic acids is 1. The van der Waals surface area contributed by atoms with Crippen molar-refractivity contribution in [3.05, 3.63) is 65.2 Å². The van der Waals surface area contributed by atoms with Crippen LogP contribution in [-0.4, -0.2) is 35.1 Å². The van der Waals surface area contributed by atoms with Crippen LogP contribution < -0.4 is 15.5 Å². The van der Waals surface area contributed by atoms with Gasteiger partial charge in [0.05, 0.1) is 11.8 Å². The van der Waals surface area contributed by atoms with Crippen molar-refractivity contribution < 1.29 is 24.2 Å². The SMILES string of the molecule is CC(C)NC(=O)C(=O)N/N=C\c1cccc(OCc2ccc(C(=O)O)cc2)c1. The summed E-state index contributed by atoms with van der Waals surface area (Å²) in [5.74, 6) is -2.00. The van der Waals surface area contributed by atoms with Gasteiger partial charge in [-0.25, -0.2) is 10.2 Å². The van der Waals surface area contributed by atoms with Crippen molar-refractivity contribution in [2.45, 2.75) is 26.5 Å². The molecule has 2 aromatic rings. The minimum atomic E-state index is -0.978. The average Bonchev–Trinajstić information content (AvgIpc) is 2.66. The minimum Gasteiger partial charge on any atom is -0.489 e. The number of hydrazone groups is 1. The van der Waals surface area contributed by atoms with Gasteiger partial charge in [-0.05, 0) is 49.2 Å². The Morgan fingerprint density at radius 1 is 1.11 bits per heavy atom. The maximum atomic E-state index is 11.6. The number of nitrogens with zero attached hydrogens (tertiary/aromatic N) is 1. The molecular formula is C20H21N3O5. The lowest BCUT2D eigenvalue weighted by molar-refractivity contribution is -0.139. The van der Waals surface area contributed by atoms with Crippen molar-refractivity contribution in [1.82, 2.24) is 10.7 Å². The van der Waals surface area contributed by atoms with E-state index in [4.69, 9.17) is 9.84 Å². The van der Waals surface area contributed by atoms with Gasteiger partial charge in [-0.2, -0.15) is 5.10 Å². The lowest BCUT2D eigenvalue weighted by Gasteiger charge is -2.07. The molecule has 0 aliphatic rings. The van der Waals surface area contributed by atoms with E-state index in [1.54, 1.807) is 50.2 Å². The van der Waals surface area contributed by atoms with Crippen molar-refractivity contribution in [1.29, 1.82) is 0 Å². The molecule has 0 aliphatic carbocycles. The number of benzene rings is 2. The van der Waals surface area contributed by atoms with Crippen LogP contribution in [-0.2, 0) is 16.2 Å². The zero-order valence-electron chi connectivity index (χ0n) is 15.5. The number of carboxylic acids is 1. The van der Waals surface area contributed by atoms with E-state index < -0.39 is 17.8 Å². The Balaban J connectivity index is 1.90. The van der Waals surface area contributed by atoms with Crippen LogP contribution in [0.5, 0.6) is 5.75 Å². The standard InChI is InChI=1S/C20H21N3O5/c1-13(2)22-18(24)19(25)23-21-11-15-4-3-5-17(10-15)28-12-14-6-8-16(9-7-14)20(26)27/h3-11,13H,12H2,1-2H3,(H,22,24)(H,23,25)(H,26,27)/b21-11-. The van der Waals surface area contributed by atoms with Gasteiger partial charge in [-0.3, -0.25) is 9.59 Å². The smallest absolute Gasteiger partial charge is 0.335 e. The normalized spacial score (nSPS) is 10.7. The second-order valence-corrected chi connectivity index (χ2v) is 6.19. The number of carboxylic acid groups (broad SMARTS) is 1. The van der Waals surface area contributed by atoms with Crippen LogP contribution in [0.2, 0.25) is 0 Å². The largest absolute Gasteiger partial charge is 0.489 e. The quantitative estimate of drug-likeness (QED) is 0.384. The van der Waals surface area contributed by atoms with E-state index in [2.05, 4.69) is 15.8 Å². The highest BCUT2D eigenvalue weighted by Crippen LogP contribution is 2.14. The van der Waals surface area contributed by atoms with Gasteiger partial charge in [0.15, 0.2) is 0 Å². The third kappa shape index (κ3) is 6.56. The zero-order chi connectivity index (χ0) is 20.5. The van der Waals surface area contributed by atoms with Crippen LogP contribution in [0, 0.1) is 0 Å². The molecule has 0 radical (unpaired) electrons. The number of nitrogens with one attached hydrogen (secondary N) is 2. The van der Waals surface area contributed by atoms with E-state index in [0.29, 0.717) is 11.3 Å². The Morgan fingerprint density at radius 2 is 1.82 bits per heavy atom. The first-order valence-electron chi connectivity index (χ1n) is 8.54. The Labute approximate surface area is 162 Å². The molecule has 2 amide bonds. The summed E-state index contributed by atoms with van der Waals surface area (Å²) in [6.45, 7) is 3.77. The third-order valence-electron chi connectivity index (χ3n) is 3.47. The number of hydrogen-bond acceptors (Lipinski definition) is 5. The average molecular weight is 383 g/mol. The Hall–Kier alpha value is -3.68. The number of ether oxygens (including phenoxy) is 1. The van der Waals surface area contributed by atoms with Gasteiger partial charge in [-0.1, -0.05) is 24.3 Å². The first-order chi connectivity index (χ1) is 13.3. The number of carbonyl (C=O) groups is 3. The molecule has 0 spiro atoms. The molecule has 146 valence electrons. The fourth-order valence-electron chi connectivity index (χ4n) is 2.14. The summed E-state index contributed by atoms with van der Waals surface area (Å²) in [4.78, 5) is 33.9. The van der Waals surface area contributed by atoms with Crippen LogP contribution in [0.25, 0.3) is 0 Å². The molecule has 0 saturated carbocycles. The van der Waals surface area contributed by atoms with Gasteiger partial charge < -0.3 is 15.2 Å². The number of rotatable bonds is 7. The topological polar surface area (TPSA) is 117 Å². The molecule has 8 heteroatoms. The van der Waals surface area contributed by atoms with Crippen LogP contribution in [0.1, 0.15) is 35.3 Å². The van der Waals surface area contributed by atoms with Crippen LogP contribution in [0.4, 0.5) is 0 Å². The second kappa shape index (κ2) is 9.86. The molecule has 0 heterocycles. The molecular weight excluding hydrogens is 362 g/mol. The molecule has 2 aromatic carbocycles. The van der Waals surface area contributed by atoms with E-state index in [0.717, 1.165) is 5.56 Å². The van der Waals surface area contributed by atoms with E-state index in [1.165, 1.54) is 18.3 Å². The molecule has 3 N–H and O–H groups in total. The van der Waals surface area contributed by atoms with Crippen LogP contribution in [0.3, 0.4) is 0 Å². The van der Waals surface area contributed by atoms with Crippen LogP contribution in [0.15, 0.2) is 53.6 Å². The number of carbonyl (C=O) groups excluding carboxylic acids is 2. The summed E-state index contributed by atoms with van der Waals surface area (Å²) in [7, 11) is 0. The van der Waals surface area contributed by atoms with Crippen molar-refractivity contribution in [2.75, 3.05) is 0 Å². The van der Waals surface area contributed by atoms with Gasteiger partial charge >= 0.3 is 17.8 Å². The predicted molar refractivity (Wildman–Crippen MR) is 103 cm³/mol. The third-order valence-corrected chi connectivity index (χ3v) is 3.47.